The lowest BCUT2D eigenvalue weighted by Crippen LogP contribution is -2.17. The maximum absolute atomic E-state index is 11.5. The molecule has 0 fully saturated rings. The van der Waals surface area contributed by atoms with E-state index in [-0.39, 0.29) is 48.3 Å². The minimum absolute atomic E-state index is 0.0249. The molecule has 0 heterocycles. The van der Waals surface area contributed by atoms with Crippen molar-refractivity contribution < 1.29 is 34.4 Å². The molecule has 0 spiro atoms. The van der Waals surface area contributed by atoms with E-state index in [1.165, 1.54) is 19.1 Å². The Morgan fingerprint density at radius 1 is 1.13 bits per heavy atom. The Kier molecular flexibility index (Phi) is 6.47. The van der Waals surface area contributed by atoms with E-state index >= 15 is 0 Å². The summed E-state index contributed by atoms with van der Waals surface area (Å²) in [7, 11) is 0. The highest BCUT2D eigenvalue weighted by molar-refractivity contribution is 6.03. The Labute approximate surface area is 132 Å². The van der Waals surface area contributed by atoms with Crippen LogP contribution in [-0.2, 0) is 22.4 Å². The highest BCUT2D eigenvalue weighted by atomic mass is 16.5. The van der Waals surface area contributed by atoms with Gasteiger partial charge in [0.1, 0.15) is 0 Å². The number of hydrogen-bond acceptors (Lipinski definition) is 5. The molecular weight excluding hydrogens is 304 g/mol. The number of ether oxygens (including phenoxy) is 1. The number of rotatable bonds is 8. The molecule has 0 aliphatic heterocycles. The second kappa shape index (κ2) is 8.09. The average molecular weight is 322 g/mol. The quantitative estimate of drug-likeness (QED) is 0.487. The summed E-state index contributed by atoms with van der Waals surface area (Å²) in [4.78, 5) is 34.0. The molecule has 0 aliphatic rings. The van der Waals surface area contributed by atoms with Gasteiger partial charge in [0.25, 0.3) is 0 Å². The first kappa shape index (κ1) is 18.4. The second-order valence-electron chi connectivity index (χ2n) is 4.88. The van der Waals surface area contributed by atoms with Crippen LogP contribution in [0.4, 0.5) is 0 Å². The van der Waals surface area contributed by atoms with Gasteiger partial charge in [-0.15, -0.1) is 0 Å². The van der Waals surface area contributed by atoms with E-state index in [2.05, 4.69) is 6.58 Å². The van der Waals surface area contributed by atoms with Crippen LogP contribution in [0.25, 0.3) is 0 Å². The number of benzene rings is 1. The van der Waals surface area contributed by atoms with Crippen molar-refractivity contribution >= 4 is 17.9 Å². The zero-order valence-corrected chi connectivity index (χ0v) is 12.7. The van der Waals surface area contributed by atoms with E-state index in [0.717, 1.165) is 0 Å². The molecule has 23 heavy (non-hydrogen) atoms. The summed E-state index contributed by atoms with van der Waals surface area (Å²) >= 11 is 0. The van der Waals surface area contributed by atoms with Crippen molar-refractivity contribution in [2.75, 3.05) is 13.2 Å². The predicted octanol–water partition coefficient (Wildman–Crippen LogP) is 1.28. The van der Waals surface area contributed by atoms with Crippen LogP contribution in [0.3, 0.4) is 0 Å². The molecule has 124 valence electrons. The summed E-state index contributed by atoms with van der Waals surface area (Å²) in [5.41, 5.74) is 0.246. The van der Waals surface area contributed by atoms with Crippen molar-refractivity contribution in [3.63, 3.8) is 0 Å². The van der Waals surface area contributed by atoms with Gasteiger partial charge in [-0.25, -0.2) is 14.4 Å². The first-order valence-electron chi connectivity index (χ1n) is 6.84. The van der Waals surface area contributed by atoms with Crippen molar-refractivity contribution in [2.24, 2.45) is 0 Å². The third-order valence-electron chi connectivity index (χ3n) is 3.17. The van der Waals surface area contributed by atoms with Gasteiger partial charge < -0.3 is 20.1 Å². The van der Waals surface area contributed by atoms with Crippen LogP contribution in [0, 0.1) is 0 Å². The van der Waals surface area contributed by atoms with E-state index < -0.39 is 17.9 Å². The lowest BCUT2D eigenvalue weighted by molar-refractivity contribution is -0.138. The number of aliphatic hydroxyl groups is 1. The van der Waals surface area contributed by atoms with Gasteiger partial charge in [0.2, 0.25) is 0 Å². The summed E-state index contributed by atoms with van der Waals surface area (Å²) in [6, 6.07) is 2.65. The van der Waals surface area contributed by atoms with Crippen molar-refractivity contribution in [2.45, 2.75) is 19.8 Å². The van der Waals surface area contributed by atoms with Crippen LogP contribution in [0.2, 0.25) is 0 Å². The monoisotopic (exact) mass is 322 g/mol. The maximum Gasteiger partial charge on any atom is 0.336 e. The molecule has 7 heteroatoms. The normalized spacial score (nSPS) is 10.2. The van der Waals surface area contributed by atoms with E-state index in [1.54, 1.807) is 0 Å². The van der Waals surface area contributed by atoms with Crippen molar-refractivity contribution in [1.82, 2.24) is 0 Å². The topological polar surface area (TPSA) is 121 Å². The Morgan fingerprint density at radius 2 is 1.78 bits per heavy atom. The van der Waals surface area contributed by atoms with Gasteiger partial charge >= 0.3 is 17.9 Å². The van der Waals surface area contributed by atoms with E-state index in [4.69, 9.17) is 14.9 Å². The third kappa shape index (κ3) is 4.65. The van der Waals surface area contributed by atoms with Crippen LogP contribution in [-0.4, -0.2) is 46.4 Å². The second-order valence-corrected chi connectivity index (χ2v) is 4.88. The number of carboxylic acid groups (broad SMARTS) is 2. The van der Waals surface area contributed by atoms with Crippen LogP contribution >= 0.6 is 0 Å². The average Bonchev–Trinajstić information content (AvgIpc) is 2.47. The van der Waals surface area contributed by atoms with Crippen LogP contribution < -0.4 is 0 Å². The van der Waals surface area contributed by atoms with Gasteiger partial charge in [-0.1, -0.05) is 12.6 Å². The molecule has 7 nitrogen and oxygen atoms in total. The maximum atomic E-state index is 11.5. The highest BCUT2D eigenvalue weighted by Gasteiger charge is 2.22. The number of esters is 1. The summed E-state index contributed by atoms with van der Waals surface area (Å²) in [5, 5.41) is 27.6. The fourth-order valence-electron chi connectivity index (χ4n) is 2.12. The fraction of sp³-hybridized carbons (Fsp3) is 0.312. The molecule has 0 radical (unpaired) electrons. The Bertz CT molecular complexity index is 646. The van der Waals surface area contributed by atoms with Crippen LogP contribution in [0.5, 0.6) is 0 Å². The predicted molar refractivity (Wildman–Crippen MR) is 80.6 cm³/mol. The van der Waals surface area contributed by atoms with Gasteiger partial charge in [0.15, 0.2) is 0 Å². The lowest BCUT2D eigenvalue weighted by Gasteiger charge is -2.14. The zero-order chi connectivity index (χ0) is 17.6. The number of aromatic carboxylic acids is 2. The molecule has 0 amide bonds. The first-order chi connectivity index (χ1) is 10.8. The molecule has 1 aromatic rings. The Morgan fingerprint density at radius 3 is 2.26 bits per heavy atom. The van der Waals surface area contributed by atoms with Gasteiger partial charge in [-0.05, 0) is 30.5 Å². The Balaban J connectivity index is 3.20. The largest absolute Gasteiger partial charge is 0.478 e. The number of aliphatic hydroxyl groups excluding tert-OH is 1. The number of hydrogen-bond donors (Lipinski definition) is 3. The van der Waals surface area contributed by atoms with Crippen LogP contribution in [0.15, 0.2) is 24.3 Å². The summed E-state index contributed by atoms with van der Waals surface area (Å²) in [5.74, 6) is -3.36. The van der Waals surface area contributed by atoms with Crippen molar-refractivity contribution in [3.05, 3.63) is 46.5 Å². The molecule has 0 aliphatic carbocycles. The zero-order valence-electron chi connectivity index (χ0n) is 12.7. The molecule has 0 aromatic heterocycles. The minimum atomic E-state index is -1.39. The van der Waals surface area contributed by atoms with E-state index in [1.807, 2.05) is 0 Å². The van der Waals surface area contributed by atoms with Gasteiger partial charge in [0, 0.05) is 18.6 Å². The first-order valence-corrected chi connectivity index (χ1v) is 6.84. The molecule has 0 saturated heterocycles. The van der Waals surface area contributed by atoms with Crippen molar-refractivity contribution in [3.8, 4) is 0 Å². The molecule has 0 saturated carbocycles. The van der Waals surface area contributed by atoms with E-state index in [9.17, 15) is 19.5 Å². The number of carbonyl (C=O) groups excluding carboxylic acids is 1. The SMILES string of the molecule is C=C(C)C(=O)OCCc1c(CCO)ccc(C(=O)O)c1C(=O)O. The molecule has 1 aromatic carbocycles. The fourth-order valence-corrected chi connectivity index (χ4v) is 2.12. The summed E-state index contributed by atoms with van der Waals surface area (Å²) < 4.78 is 4.93. The number of carbonyl (C=O) groups is 3. The standard InChI is InChI=1S/C16H18O7/c1-9(2)16(22)23-8-6-11-10(5-7-17)3-4-12(14(18)19)13(11)15(20)21/h3-4,17H,1,5-8H2,2H3,(H,18,19)(H,20,21). The molecule has 0 unspecified atom stereocenters. The smallest absolute Gasteiger partial charge is 0.336 e. The highest BCUT2D eigenvalue weighted by Crippen LogP contribution is 2.22. The minimum Gasteiger partial charge on any atom is -0.478 e. The lowest BCUT2D eigenvalue weighted by atomic mass is 9.92. The van der Waals surface area contributed by atoms with Crippen molar-refractivity contribution in [1.29, 1.82) is 0 Å². The number of carboxylic acids is 2. The van der Waals surface area contributed by atoms with Crippen LogP contribution in [0.1, 0.15) is 38.8 Å². The molecular formula is C16H18O7. The molecule has 1 rings (SSSR count). The third-order valence-corrected chi connectivity index (χ3v) is 3.17. The Hall–Kier alpha value is -2.67. The van der Waals surface area contributed by atoms with Gasteiger partial charge in [0.05, 0.1) is 17.7 Å². The summed E-state index contributed by atoms with van der Waals surface area (Å²) in [6.45, 7) is 4.57. The van der Waals surface area contributed by atoms with Gasteiger partial charge in [-0.2, -0.15) is 0 Å². The van der Waals surface area contributed by atoms with Gasteiger partial charge in [-0.3, -0.25) is 0 Å². The van der Waals surface area contributed by atoms with E-state index in [0.29, 0.717) is 5.56 Å². The molecule has 0 bridgehead atoms. The summed E-state index contributed by atoms with van der Waals surface area (Å²) in [6.07, 6.45) is 0.195. The molecule has 3 N–H and O–H groups in total. The molecule has 0 atom stereocenters.